The molecule has 8 heteroatoms. The Morgan fingerprint density at radius 3 is 2.14 bits per heavy atom. The number of benzene rings is 2. The molecule has 0 bridgehead atoms. The molecule has 2 unspecified atom stereocenters. The number of morpholine rings is 1. The number of carbonyl (C=O) groups excluding carboxylic acids is 2. The average molecular weight is 541 g/mol. The topological polar surface area (TPSA) is 68.7 Å². The van der Waals surface area contributed by atoms with Gasteiger partial charge in [-0.05, 0) is 66.4 Å². The lowest BCUT2D eigenvalue weighted by molar-refractivity contribution is -0.186. The second kappa shape index (κ2) is 12.5. The van der Waals surface area contributed by atoms with Crippen LogP contribution in [0.25, 0.3) is 0 Å². The summed E-state index contributed by atoms with van der Waals surface area (Å²) in [5.41, 5.74) is 2.57. The van der Waals surface area contributed by atoms with Gasteiger partial charge in [0.2, 0.25) is 0 Å². The lowest BCUT2D eigenvalue weighted by atomic mass is 9.88. The van der Waals surface area contributed by atoms with Crippen LogP contribution in [0.2, 0.25) is 10.0 Å². The molecule has 3 aromatic rings. The van der Waals surface area contributed by atoms with E-state index in [1.807, 2.05) is 43.3 Å². The van der Waals surface area contributed by atoms with Crippen LogP contribution in [-0.4, -0.2) is 40.5 Å². The van der Waals surface area contributed by atoms with Crippen molar-refractivity contribution in [2.24, 2.45) is 0 Å². The number of pyridine rings is 1. The molecule has 2 aromatic carbocycles. The van der Waals surface area contributed by atoms with Crippen molar-refractivity contribution >= 4 is 35.1 Å². The van der Waals surface area contributed by atoms with E-state index in [9.17, 15) is 9.59 Å². The normalized spacial score (nSPS) is 20.5. The first-order valence-corrected chi connectivity index (χ1v) is 13.2. The third-order valence-corrected chi connectivity index (χ3v) is 6.97. The Balaban J connectivity index is 1.86. The van der Waals surface area contributed by atoms with Gasteiger partial charge < -0.3 is 14.4 Å². The Hall–Kier alpha value is -2.93. The summed E-state index contributed by atoms with van der Waals surface area (Å²) < 4.78 is 12.0. The second-order valence-electron chi connectivity index (χ2n) is 8.95. The van der Waals surface area contributed by atoms with E-state index in [4.69, 9.17) is 32.7 Å². The molecule has 1 aromatic heterocycles. The van der Waals surface area contributed by atoms with Crippen LogP contribution in [0.4, 0.5) is 0 Å². The van der Waals surface area contributed by atoms with Gasteiger partial charge in [-0.15, -0.1) is 0 Å². The molecule has 0 aliphatic carbocycles. The monoisotopic (exact) mass is 540 g/mol. The molecular weight excluding hydrogens is 511 g/mol. The van der Waals surface area contributed by atoms with E-state index in [0.29, 0.717) is 29.3 Å². The minimum Gasteiger partial charge on any atom is -0.464 e. The smallest absolute Gasteiger partial charge is 0.328 e. The van der Waals surface area contributed by atoms with E-state index < -0.39 is 30.3 Å². The molecule has 1 aliphatic heterocycles. The number of nitrogens with zero attached hydrogens (tertiary/aromatic N) is 2. The summed E-state index contributed by atoms with van der Waals surface area (Å²) in [5, 5.41) is 1.17. The lowest BCUT2D eigenvalue weighted by Crippen LogP contribution is -2.57. The van der Waals surface area contributed by atoms with E-state index in [1.54, 1.807) is 48.5 Å². The van der Waals surface area contributed by atoms with Gasteiger partial charge in [-0.2, -0.15) is 0 Å². The highest BCUT2D eigenvalue weighted by molar-refractivity contribution is 6.30. The molecule has 6 nitrogen and oxygen atoms in total. The van der Waals surface area contributed by atoms with Crippen LogP contribution >= 0.6 is 23.2 Å². The minimum absolute atomic E-state index is 0.226. The molecule has 1 fully saturated rings. The molecule has 1 amide bonds. The van der Waals surface area contributed by atoms with Crippen molar-refractivity contribution in [2.45, 2.75) is 57.4 Å². The number of aromatic nitrogens is 1. The molecule has 4 atom stereocenters. The fourth-order valence-corrected chi connectivity index (χ4v) is 5.02. The number of rotatable bonds is 9. The first-order chi connectivity index (χ1) is 17.9. The van der Waals surface area contributed by atoms with E-state index in [0.717, 1.165) is 16.7 Å². The Morgan fingerprint density at radius 2 is 1.57 bits per heavy atom. The number of carbonyl (C=O) groups is 2. The molecule has 2 heterocycles. The quantitative estimate of drug-likeness (QED) is 0.295. The minimum atomic E-state index is -0.805. The molecule has 0 spiro atoms. The molecular formula is C29H30Cl2N2O4. The molecule has 1 saturated heterocycles. The number of ether oxygens (including phenoxy) is 2. The SMILES string of the molecule is CCC[C@@H](C(=O)OCC)N1C(=O)C(Cc2ccncc2)O[C@H](c2ccc(Cl)cc2)C1c1ccc(Cl)cc1. The van der Waals surface area contributed by atoms with Crippen LogP contribution in [0.3, 0.4) is 0 Å². The zero-order chi connectivity index (χ0) is 26.4. The summed E-state index contributed by atoms with van der Waals surface area (Å²) in [7, 11) is 0. The summed E-state index contributed by atoms with van der Waals surface area (Å²) >= 11 is 12.4. The fraction of sp³-hybridized carbons (Fsp3) is 0.345. The van der Waals surface area contributed by atoms with Crippen molar-refractivity contribution in [1.82, 2.24) is 9.88 Å². The average Bonchev–Trinajstić information content (AvgIpc) is 2.90. The van der Waals surface area contributed by atoms with Crippen LogP contribution in [0.5, 0.6) is 0 Å². The van der Waals surface area contributed by atoms with Gasteiger partial charge in [-0.3, -0.25) is 9.78 Å². The van der Waals surface area contributed by atoms with Crippen LogP contribution in [0, 0.1) is 0 Å². The Kier molecular flexibility index (Phi) is 9.19. The van der Waals surface area contributed by atoms with E-state index in [2.05, 4.69) is 4.98 Å². The number of hydrogen-bond donors (Lipinski definition) is 0. The van der Waals surface area contributed by atoms with Crippen LogP contribution in [0.15, 0.2) is 73.1 Å². The van der Waals surface area contributed by atoms with Gasteiger partial charge in [0, 0.05) is 28.9 Å². The largest absolute Gasteiger partial charge is 0.464 e. The van der Waals surface area contributed by atoms with Gasteiger partial charge in [0.25, 0.3) is 5.91 Å². The zero-order valence-electron chi connectivity index (χ0n) is 20.8. The third-order valence-electron chi connectivity index (χ3n) is 6.46. The predicted molar refractivity (Wildman–Crippen MR) is 143 cm³/mol. The van der Waals surface area contributed by atoms with Gasteiger partial charge in [-0.25, -0.2) is 4.79 Å². The van der Waals surface area contributed by atoms with Crippen molar-refractivity contribution < 1.29 is 19.1 Å². The standard InChI is InChI=1S/C29H30Cl2N2O4/c1-3-5-24(29(35)36-4-2)33-26(20-6-10-22(30)11-7-20)27(21-8-12-23(31)13-9-21)37-25(28(33)34)18-19-14-16-32-17-15-19/h6-17,24-27H,3-5,18H2,1-2H3/t24-,25?,26?,27+/m0/s1. The van der Waals surface area contributed by atoms with Crippen LogP contribution < -0.4 is 0 Å². The summed E-state index contributed by atoms with van der Waals surface area (Å²) in [4.78, 5) is 33.2. The first kappa shape index (κ1) is 27.1. The molecule has 0 saturated carbocycles. The molecule has 1 aliphatic rings. The Morgan fingerprint density at radius 1 is 0.973 bits per heavy atom. The summed E-state index contributed by atoms with van der Waals surface area (Å²) in [6.45, 7) is 3.98. The fourth-order valence-electron chi connectivity index (χ4n) is 4.77. The van der Waals surface area contributed by atoms with Gasteiger partial charge in [0.1, 0.15) is 18.2 Å². The predicted octanol–water partition coefficient (Wildman–Crippen LogP) is 6.37. The van der Waals surface area contributed by atoms with Crippen molar-refractivity contribution in [3.63, 3.8) is 0 Å². The molecule has 0 radical (unpaired) electrons. The maximum Gasteiger partial charge on any atom is 0.328 e. The number of amides is 1. The lowest BCUT2D eigenvalue weighted by Gasteiger charge is -2.47. The number of esters is 1. The van der Waals surface area contributed by atoms with Crippen molar-refractivity contribution in [1.29, 1.82) is 0 Å². The second-order valence-corrected chi connectivity index (χ2v) is 9.83. The molecule has 4 rings (SSSR count). The van der Waals surface area contributed by atoms with Crippen LogP contribution in [-0.2, 0) is 25.5 Å². The Labute approximate surface area is 227 Å². The first-order valence-electron chi connectivity index (χ1n) is 12.5. The number of hydrogen-bond acceptors (Lipinski definition) is 5. The van der Waals surface area contributed by atoms with Gasteiger partial charge in [0.15, 0.2) is 0 Å². The summed E-state index contributed by atoms with van der Waals surface area (Å²) in [6, 6.07) is 17.1. The van der Waals surface area contributed by atoms with Crippen molar-refractivity contribution in [3.05, 3.63) is 99.8 Å². The van der Waals surface area contributed by atoms with E-state index >= 15 is 0 Å². The zero-order valence-corrected chi connectivity index (χ0v) is 22.4. The van der Waals surface area contributed by atoms with Gasteiger partial charge in [0.05, 0.1) is 12.6 Å². The third kappa shape index (κ3) is 6.32. The highest BCUT2D eigenvalue weighted by Gasteiger charge is 2.48. The maximum absolute atomic E-state index is 14.2. The van der Waals surface area contributed by atoms with Crippen molar-refractivity contribution in [2.75, 3.05) is 6.61 Å². The number of halogens is 2. The summed E-state index contributed by atoms with van der Waals surface area (Å²) in [6.07, 6.45) is 3.51. The highest BCUT2D eigenvalue weighted by Crippen LogP contribution is 2.44. The molecule has 194 valence electrons. The van der Waals surface area contributed by atoms with E-state index in [1.165, 1.54) is 0 Å². The Bertz CT molecular complexity index is 1190. The molecule has 37 heavy (non-hydrogen) atoms. The van der Waals surface area contributed by atoms with Gasteiger partial charge >= 0.3 is 5.97 Å². The highest BCUT2D eigenvalue weighted by atomic mass is 35.5. The van der Waals surface area contributed by atoms with Crippen LogP contribution in [0.1, 0.15) is 55.5 Å². The maximum atomic E-state index is 14.2. The molecule has 0 N–H and O–H groups in total. The van der Waals surface area contributed by atoms with Crippen molar-refractivity contribution in [3.8, 4) is 0 Å². The van der Waals surface area contributed by atoms with Gasteiger partial charge in [-0.1, -0.05) is 60.8 Å². The van der Waals surface area contributed by atoms with E-state index in [-0.39, 0.29) is 12.5 Å². The summed E-state index contributed by atoms with van der Waals surface area (Å²) in [5.74, 6) is -0.676.